The Hall–Kier alpha value is -2.93. The molecule has 144 valence electrons. The average Bonchev–Trinajstić information content (AvgIpc) is 2.67. The first-order valence-corrected chi connectivity index (χ1v) is 8.24. The van der Waals surface area contributed by atoms with E-state index in [0.29, 0.717) is 11.1 Å². The maximum absolute atomic E-state index is 14.3. The Bertz CT molecular complexity index is 800. The van der Waals surface area contributed by atoms with Crippen molar-refractivity contribution < 1.29 is 33.3 Å². The molecule has 0 bridgehead atoms. The van der Waals surface area contributed by atoms with Gasteiger partial charge < -0.3 is 19.7 Å². The molecule has 0 amide bonds. The van der Waals surface area contributed by atoms with Gasteiger partial charge in [-0.25, -0.2) is 4.79 Å². The van der Waals surface area contributed by atoms with Crippen LogP contribution in [0.3, 0.4) is 0 Å². The molecule has 0 fully saturated rings. The van der Waals surface area contributed by atoms with E-state index in [4.69, 9.17) is 19.7 Å². The summed E-state index contributed by atoms with van der Waals surface area (Å²) in [4.78, 5) is 11.0. The van der Waals surface area contributed by atoms with Gasteiger partial charge >= 0.3 is 11.9 Å². The number of hydrogen-bond donors (Lipinski definition) is 2. The van der Waals surface area contributed by atoms with E-state index in [9.17, 15) is 13.6 Å². The van der Waals surface area contributed by atoms with Gasteiger partial charge in [0.15, 0.2) is 6.61 Å². The number of ether oxygens (including phenoxy) is 2. The Morgan fingerprint density at radius 2 is 1.89 bits per heavy atom. The topological polar surface area (TPSA) is 76.0 Å². The Balaban J connectivity index is 2.05. The molecular formula is C20H20F2O5. The van der Waals surface area contributed by atoms with Gasteiger partial charge in [0.25, 0.3) is 0 Å². The van der Waals surface area contributed by atoms with Gasteiger partial charge in [0.2, 0.25) is 5.76 Å². The highest BCUT2D eigenvalue weighted by Gasteiger charge is 2.32. The zero-order valence-electron chi connectivity index (χ0n) is 14.7. The summed E-state index contributed by atoms with van der Waals surface area (Å²) in [5, 5.41) is 18.1. The number of aliphatic hydroxyl groups is 1. The van der Waals surface area contributed by atoms with Crippen LogP contribution in [0.2, 0.25) is 0 Å². The summed E-state index contributed by atoms with van der Waals surface area (Å²) >= 11 is 0. The predicted octanol–water partition coefficient (Wildman–Crippen LogP) is 3.81. The van der Waals surface area contributed by atoms with Crippen molar-refractivity contribution in [2.45, 2.75) is 19.5 Å². The van der Waals surface area contributed by atoms with Gasteiger partial charge in [-0.15, -0.1) is 0 Å². The number of carboxylic acid groups (broad SMARTS) is 1. The zero-order valence-corrected chi connectivity index (χ0v) is 14.7. The highest BCUT2D eigenvalue weighted by molar-refractivity contribution is 5.89. The molecule has 0 saturated heterocycles. The van der Waals surface area contributed by atoms with Crippen molar-refractivity contribution in [2.24, 2.45) is 0 Å². The van der Waals surface area contributed by atoms with E-state index in [2.05, 4.69) is 0 Å². The summed E-state index contributed by atoms with van der Waals surface area (Å²) in [6.07, 6.45) is 1.34. The van der Waals surface area contributed by atoms with Crippen LogP contribution >= 0.6 is 0 Å². The Morgan fingerprint density at radius 3 is 2.48 bits per heavy atom. The average molecular weight is 378 g/mol. The first kappa shape index (κ1) is 20.4. The fourth-order valence-electron chi connectivity index (χ4n) is 2.29. The molecule has 2 aromatic rings. The molecule has 0 radical (unpaired) electrons. The van der Waals surface area contributed by atoms with Crippen molar-refractivity contribution in [3.63, 3.8) is 0 Å². The molecule has 0 heterocycles. The SMILES string of the molecule is CCO/C(=C\c1ccc(OCC(F)(F)c2cccc(CO)c2)cc1)C(=O)O. The standard InChI is InChI=1S/C20H20F2O5/c1-2-26-18(19(24)25)11-14-6-8-17(9-7-14)27-13-20(21,22)16-5-3-4-15(10-16)12-23/h3-11,23H,2,12-13H2,1H3,(H,24,25)/b18-11-. The number of halogens is 2. The number of hydrogen-bond acceptors (Lipinski definition) is 4. The number of rotatable bonds is 9. The summed E-state index contributed by atoms with van der Waals surface area (Å²) in [6, 6.07) is 11.5. The van der Waals surface area contributed by atoms with Gasteiger partial charge in [-0.05, 0) is 42.3 Å². The molecule has 0 aliphatic heterocycles. The number of aliphatic hydroxyl groups excluding tert-OH is 1. The van der Waals surface area contributed by atoms with Crippen molar-refractivity contribution in [2.75, 3.05) is 13.2 Å². The lowest BCUT2D eigenvalue weighted by molar-refractivity contribution is -0.136. The number of benzene rings is 2. The van der Waals surface area contributed by atoms with Crippen LogP contribution in [0.1, 0.15) is 23.6 Å². The van der Waals surface area contributed by atoms with Gasteiger partial charge in [0.05, 0.1) is 13.2 Å². The number of carbonyl (C=O) groups is 1. The molecule has 0 aromatic heterocycles. The summed E-state index contributed by atoms with van der Waals surface area (Å²) < 4.78 is 38.8. The molecule has 2 aromatic carbocycles. The van der Waals surface area contributed by atoms with Crippen LogP contribution < -0.4 is 4.74 Å². The third kappa shape index (κ3) is 5.79. The number of carboxylic acids is 1. The molecule has 0 spiro atoms. The van der Waals surface area contributed by atoms with Crippen LogP contribution in [0.4, 0.5) is 8.78 Å². The van der Waals surface area contributed by atoms with Crippen LogP contribution in [-0.4, -0.2) is 29.4 Å². The van der Waals surface area contributed by atoms with E-state index in [1.54, 1.807) is 25.1 Å². The van der Waals surface area contributed by atoms with Crippen LogP contribution in [0.5, 0.6) is 5.75 Å². The van der Waals surface area contributed by atoms with E-state index in [1.165, 1.54) is 36.4 Å². The van der Waals surface area contributed by atoms with Gasteiger partial charge in [-0.1, -0.05) is 30.3 Å². The molecule has 5 nitrogen and oxygen atoms in total. The summed E-state index contributed by atoms with van der Waals surface area (Å²) in [5.74, 6) is -4.41. The monoisotopic (exact) mass is 378 g/mol. The lowest BCUT2D eigenvalue weighted by Crippen LogP contribution is -2.23. The van der Waals surface area contributed by atoms with E-state index < -0.39 is 18.5 Å². The van der Waals surface area contributed by atoms with Gasteiger partial charge in [-0.2, -0.15) is 8.78 Å². The third-order valence-corrected chi connectivity index (χ3v) is 3.64. The highest BCUT2D eigenvalue weighted by Crippen LogP contribution is 2.29. The van der Waals surface area contributed by atoms with Crippen LogP contribution in [0.15, 0.2) is 54.3 Å². The number of alkyl halides is 2. The minimum absolute atomic E-state index is 0.207. The fourth-order valence-corrected chi connectivity index (χ4v) is 2.29. The van der Waals surface area contributed by atoms with Crippen LogP contribution in [0, 0.1) is 0 Å². The second-order valence-corrected chi connectivity index (χ2v) is 5.67. The largest absolute Gasteiger partial charge is 0.487 e. The smallest absolute Gasteiger partial charge is 0.371 e. The van der Waals surface area contributed by atoms with Gasteiger partial charge in [-0.3, -0.25) is 0 Å². The lowest BCUT2D eigenvalue weighted by Gasteiger charge is -2.18. The van der Waals surface area contributed by atoms with Gasteiger partial charge in [0, 0.05) is 5.56 Å². The Kier molecular flexibility index (Phi) is 6.90. The van der Waals surface area contributed by atoms with E-state index in [0.717, 1.165) is 0 Å². The molecule has 0 saturated carbocycles. The molecule has 27 heavy (non-hydrogen) atoms. The quantitative estimate of drug-likeness (QED) is 0.513. The van der Waals surface area contributed by atoms with Crippen molar-refractivity contribution >= 4 is 12.0 Å². The van der Waals surface area contributed by atoms with Crippen molar-refractivity contribution in [3.05, 3.63) is 71.0 Å². The lowest BCUT2D eigenvalue weighted by atomic mass is 10.1. The molecule has 0 aliphatic rings. The molecule has 7 heteroatoms. The molecule has 0 aliphatic carbocycles. The van der Waals surface area contributed by atoms with E-state index >= 15 is 0 Å². The second-order valence-electron chi connectivity index (χ2n) is 5.67. The van der Waals surface area contributed by atoms with Gasteiger partial charge in [0.1, 0.15) is 5.75 Å². The fraction of sp³-hybridized carbons (Fsp3) is 0.250. The molecule has 0 unspecified atom stereocenters. The maximum Gasteiger partial charge on any atom is 0.371 e. The molecule has 2 N–H and O–H groups in total. The number of aliphatic carboxylic acids is 1. The highest BCUT2D eigenvalue weighted by atomic mass is 19.3. The van der Waals surface area contributed by atoms with E-state index in [-0.39, 0.29) is 30.3 Å². The summed E-state index contributed by atoms with van der Waals surface area (Å²) in [5.41, 5.74) is 0.693. The first-order chi connectivity index (χ1) is 12.9. The van der Waals surface area contributed by atoms with Crippen LogP contribution in [-0.2, 0) is 22.1 Å². The Labute approximate surface area is 155 Å². The normalized spacial score (nSPS) is 11.9. The minimum atomic E-state index is -3.23. The summed E-state index contributed by atoms with van der Waals surface area (Å²) in [6.45, 7) is 0.701. The first-order valence-electron chi connectivity index (χ1n) is 8.24. The second kappa shape index (κ2) is 9.14. The van der Waals surface area contributed by atoms with Crippen LogP contribution in [0.25, 0.3) is 6.08 Å². The zero-order chi connectivity index (χ0) is 19.9. The molecule has 0 atom stereocenters. The minimum Gasteiger partial charge on any atom is -0.487 e. The predicted molar refractivity (Wildman–Crippen MR) is 95.4 cm³/mol. The van der Waals surface area contributed by atoms with Crippen molar-refractivity contribution in [3.8, 4) is 5.75 Å². The molecular weight excluding hydrogens is 358 g/mol. The van der Waals surface area contributed by atoms with Crippen molar-refractivity contribution in [1.29, 1.82) is 0 Å². The molecule has 2 rings (SSSR count). The summed E-state index contributed by atoms with van der Waals surface area (Å²) in [7, 11) is 0. The van der Waals surface area contributed by atoms with Crippen molar-refractivity contribution in [1.82, 2.24) is 0 Å². The Morgan fingerprint density at radius 1 is 1.19 bits per heavy atom. The maximum atomic E-state index is 14.3. The van der Waals surface area contributed by atoms with E-state index in [1.807, 2.05) is 0 Å². The third-order valence-electron chi connectivity index (χ3n) is 3.64.